The number of anilines is 1. The van der Waals surface area contributed by atoms with Crippen LogP contribution in [0.25, 0.3) is 0 Å². The highest BCUT2D eigenvalue weighted by atomic mass is 32.2. The molecule has 1 fully saturated rings. The maximum atomic E-state index is 13.4. The zero-order valence-electron chi connectivity index (χ0n) is 13.8. The molecule has 1 unspecified atom stereocenters. The molecule has 0 N–H and O–H groups in total. The monoisotopic (exact) mass is 345 g/mol. The molecule has 1 aliphatic rings. The third kappa shape index (κ3) is 4.43. The van der Waals surface area contributed by atoms with E-state index in [9.17, 15) is 12.8 Å². The number of sulfonamides is 1. The lowest BCUT2D eigenvalue weighted by atomic mass is 10.1. The smallest absolute Gasteiger partial charge is 0.238 e. The van der Waals surface area contributed by atoms with Crippen molar-refractivity contribution < 1.29 is 22.3 Å². The minimum atomic E-state index is -3.67. The van der Waals surface area contributed by atoms with E-state index >= 15 is 0 Å². The van der Waals surface area contributed by atoms with Crippen molar-refractivity contribution in [3.05, 3.63) is 30.1 Å². The Morgan fingerprint density at radius 2 is 2.17 bits per heavy atom. The molecule has 130 valence electrons. The van der Waals surface area contributed by atoms with Crippen LogP contribution in [-0.4, -0.2) is 45.6 Å². The molecule has 0 radical (unpaired) electrons. The summed E-state index contributed by atoms with van der Waals surface area (Å²) in [5, 5.41) is 0. The van der Waals surface area contributed by atoms with E-state index in [4.69, 9.17) is 9.47 Å². The molecule has 0 aromatic heterocycles. The molecule has 0 bridgehead atoms. The van der Waals surface area contributed by atoms with Gasteiger partial charge in [0.1, 0.15) is 17.2 Å². The summed E-state index contributed by atoms with van der Waals surface area (Å²) in [6.07, 6.45) is 0.432. The molecule has 0 aliphatic carbocycles. The number of rotatable bonds is 7. The van der Waals surface area contributed by atoms with E-state index in [0.717, 1.165) is 0 Å². The zero-order valence-corrected chi connectivity index (χ0v) is 14.6. The topological polar surface area (TPSA) is 55.8 Å². The van der Waals surface area contributed by atoms with Crippen LogP contribution >= 0.6 is 0 Å². The number of halogens is 1. The first-order chi connectivity index (χ1) is 10.8. The molecule has 1 aliphatic heterocycles. The molecule has 23 heavy (non-hydrogen) atoms. The molecule has 0 spiro atoms. The van der Waals surface area contributed by atoms with E-state index in [1.54, 1.807) is 13.0 Å². The van der Waals surface area contributed by atoms with Crippen LogP contribution in [-0.2, 0) is 19.5 Å². The molecule has 1 aromatic rings. The highest BCUT2D eigenvalue weighted by molar-refractivity contribution is 7.92. The van der Waals surface area contributed by atoms with Gasteiger partial charge in [0, 0.05) is 19.6 Å². The summed E-state index contributed by atoms with van der Waals surface area (Å²) in [5.74, 6) is -0.642. The predicted octanol–water partition coefficient (Wildman–Crippen LogP) is 2.57. The maximum Gasteiger partial charge on any atom is 0.238 e. The summed E-state index contributed by atoms with van der Waals surface area (Å²) < 4.78 is 51.7. The Labute approximate surface area is 137 Å². The van der Waals surface area contributed by atoms with Gasteiger partial charge in [-0.15, -0.1) is 0 Å². The van der Waals surface area contributed by atoms with Crippen LogP contribution in [0.4, 0.5) is 10.1 Å². The first-order valence-electron chi connectivity index (χ1n) is 7.79. The summed E-state index contributed by atoms with van der Waals surface area (Å²) in [6.45, 7) is 6.43. The molecule has 1 heterocycles. The van der Waals surface area contributed by atoms with Crippen molar-refractivity contribution in [3.8, 4) is 0 Å². The Balaban J connectivity index is 2.28. The van der Waals surface area contributed by atoms with Gasteiger partial charge < -0.3 is 9.47 Å². The minimum absolute atomic E-state index is 0.101. The molecule has 7 heteroatoms. The van der Waals surface area contributed by atoms with Crippen molar-refractivity contribution in [2.75, 3.05) is 29.8 Å². The lowest BCUT2D eigenvalue weighted by Gasteiger charge is -2.33. The van der Waals surface area contributed by atoms with Gasteiger partial charge in [0.15, 0.2) is 0 Å². The molecule has 5 nitrogen and oxygen atoms in total. The van der Waals surface area contributed by atoms with E-state index in [-0.39, 0.29) is 25.0 Å². The lowest BCUT2D eigenvalue weighted by molar-refractivity contribution is -0.0670. The van der Waals surface area contributed by atoms with E-state index in [1.807, 2.05) is 13.8 Å². The Morgan fingerprint density at radius 1 is 1.43 bits per heavy atom. The second-order valence-corrected chi connectivity index (χ2v) is 7.95. The van der Waals surface area contributed by atoms with Crippen LogP contribution in [0.15, 0.2) is 24.3 Å². The van der Waals surface area contributed by atoms with Crippen molar-refractivity contribution >= 4 is 15.7 Å². The Morgan fingerprint density at radius 3 is 2.70 bits per heavy atom. The first-order valence-corrected chi connectivity index (χ1v) is 9.40. The standard InChI is InChI=1S/C16H24FNO4S/c1-4-18(15-7-5-6-14(17)10-15)23(19,20)12-16(22-13(2)3)8-9-21-11-16/h5-7,10,13H,4,8-9,11-12H2,1-3H3. The van der Waals surface area contributed by atoms with Crippen molar-refractivity contribution in [1.82, 2.24) is 0 Å². The minimum Gasteiger partial charge on any atom is -0.378 e. The molecule has 1 aromatic carbocycles. The molecule has 1 saturated heterocycles. The van der Waals surface area contributed by atoms with Crippen molar-refractivity contribution in [1.29, 1.82) is 0 Å². The third-order valence-corrected chi connectivity index (χ3v) is 5.75. The summed E-state index contributed by atoms with van der Waals surface area (Å²) in [5.41, 5.74) is -0.514. The summed E-state index contributed by atoms with van der Waals surface area (Å²) in [7, 11) is -3.67. The SMILES string of the molecule is CCN(c1cccc(F)c1)S(=O)(=O)CC1(OC(C)C)CCOC1. The fraction of sp³-hybridized carbons (Fsp3) is 0.625. The molecule has 0 saturated carbocycles. The normalized spacial score (nSPS) is 21.8. The average molecular weight is 345 g/mol. The van der Waals surface area contributed by atoms with Gasteiger partial charge in [-0.3, -0.25) is 4.31 Å². The molecule has 1 atom stereocenters. The van der Waals surface area contributed by atoms with E-state index < -0.39 is 21.4 Å². The van der Waals surface area contributed by atoms with E-state index in [1.165, 1.54) is 22.5 Å². The fourth-order valence-corrected chi connectivity index (χ4v) is 4.86. The van der Waals surface area contributed by atoms with Crippen LogP contribution < -0.4 is 4.31 Å². The summed E-state index contributed by atoms with van der Waals surface area (Å²) >= 11 is 0. The van der Waals surface area contributed by atoms with Gasteiger partial charge in [0.05, 0.1) is 18.4 Å². The molecule has 2 rings (SSSR count). The van der Waals surface area contributed by atoms with Crippen LogP contribution in [0.2, 0.25) is 0 Å². The average Bonchev–Trinajstić information content (AvgIpc) is 2.85. The number of nitrogens with zero attached hydrogens (tertiary/aromatic N) is 1. The van der Waals surface area contributed by atoms with Crippen LogP contribution in [0.5, 0.6) is 0 Å². The molecular weight excluding hydrogens is 321 g/mol. The van der Waals surface area contributed by atoms with Gasteiger partial charge in [-0.05, 0) is 39.0 Å². The van der Waals surface area contributed by atoms with Gasteiger partial charge >= 0.3 is 0 Å². The second kappa shape index (κ2) is 7.15. The summed E-state index contributed by atoms with van der Waals surface area (Å²) in [6, 6.07) is 5.60. The van der Waals surface area contributed by atoms with Gasteiger partial charge in [-0.1, -0.05) is 6.07 Å². The van der Waals surface area contributed by atoms with Gasteiger partial charge in [-0.25, -0.2) is 12.8 Å². The van der Waals surface area contributed by atoms with Gasteiger partial charge in [0.25, 0.3) is 0 Å². The van der Waals surface area contributed by atoms with Gasteiger partial charge in [0.2, 0.25) is 10.0 Å². The number of benzene rings is 1. The highest BCUT2D eigenvalue weighted by Crippen LogP contribution is 2.29. The molecular formula is C16H24FNO4S. The largest absolute Gasteiger partial charge is 0.378 e. The highest BCUT2D eigenvalue weighted by Gasteiger charge is 2.42. The Bertz CT molecular complexity index is 627. The zero-order chi connectivity index (χ0) is 17.1. The number of hydrogen-bond acceptors (Lipinski definition) is 4. The Kier molecular flexibility index (Phi) is 5.65. The van der Waals surface area contributed by atoms with E-state index in [0.29, 0.717) is 18.7 Å². The van der Waals surface area contributed by atoms with Crippen LogP contribution in [0, 0.1) is 5.82 Å². The quantitative estimate of drug-likeness (QED) is 0.762. The fourth-order valence-electron chi connectivity index (χ4n) is 2.91. The van der Waals surface area contributed by atoms with Crippen molar-refractivity contribution in [3.63, 3.8) is 0 Å². The predicted molar refractivity (Wildman–Crippen MR) is 87.6 cm³/mol. The van der Waals surface area contributed by atoms with Crippen LogP contribution in [0.1, 0.15) is 27.2 Å². The second-order valence-electron chi connectivity index (χ2n) is 6.05. The van der Waals surface area contributed by atoms with E-state index in [2.05, 4.69) is 0 Å². The van der Waals surface area contributed by atoms with Crippen molar-refractivity contribution in [2.24, 2.45) is 0 Å². The van der Waals surface area contributed by atoms with Crippen molar-refractivity contribution in [2.45, 2.75) is 38.9 Å². The summed E-state index contributed by atoms with van der Waals surface area (Å²) in [4.78, 5) is 0. The van der Waals surface area contributed by atoms with Gasteiger partial charge in [-0.2, -0.15) is 0 Å². The maximum absolute atomic E-state index is 13.4. The lowest BCUT2D eigenvalue weighted by Crippen LogP contribution is -2.47. The third-order valence-electron chi connectivity index (χ3n) is 3.72. The van der Waals surface area contributed by atoms with Crippen LogP contribution in [0.3, 0.4) is 0 Å². The first kappa shape index (κ1) is 18.2. The Hall–Kier alpha value is -1.18. The molecule has 0 amide bonds. The number of hydrogen-bond donors (Lipinski definition) is 0. The number of ether oxygens (including phenoxy) is 2.